The van der Waals surface area contributed by atoms with Crippen LogP contribution in [-0.4, -0.2) is 37.2 Å². The van der Waals surface area contributed by atoms with Gasteiger partial charge in [-0.2, -0.15) is 0 Å². The van der Waals surface area contributed by atoms with Gasteiger partial charge in [-0.1, -0.05) is 242 Å². The van der Waals surface area contributed by atoms with Crippen LogP contribution in [0.2, 0.25) is 0 Å². The molecule has 0 aliphatic heterocycles. The van der Waals surface area contributed by atoms with Crippen LogP contribution >= 0.6 is 0 Å². The first kappa shape index (κ1) is 67.1. The molecule has 0 bridgehead atoms. The summed E-state index contributed by atoms with van der Waals surface area (Å²) >= 11 is 0. The molecule has 0 N–H and O–H groups in total. The van der Waals surface area contributed by atoms with Crippen molar-refractivity contribution in [3.63, 3.8) is 0 Å². The lowest BCUT2D eigenvalue weighted by atomic mass is 10.1. The SMILES string of the molecule is CCCCC/C=C\C/C=C\CCCCCCCCCCCC(=O)OCC(COC(=O)CCCCCCC/C=C\C/C=C\CCCCC)OC(=O)CCCCCCCCC/C=C\CCCCCCCCC. The van der Waals surface area contributed by atoms with Crippen molar-refractivity contribution in [2.24, 2.45) is 0 Å². The van der Waals surface area contributed by atoms with E-state index < -0.39 is 6.10 Å². The van der Waals surface area contributed by atoms with Gasteiger partial charge in [0.15, 0.2) is 6.10 Å². The van der Waals surface area contributed by atoms with Crippen LogP contribution < -0.4 is 0 Å². The van der Waals surface area contributed by atoms with Crippen molar-refractivity contribution in [2.75, 3.05) is 13.2 Å². The first-order valence-electron chi connectivity index (χ1n) is 30.3. The maximum atomic E-state index is 12.9. The standard InChI is InChI=1S/C64H114O6/c1-4-7-10-13-16-19-22-25-28-30-32-34-36-39-42-45-48-51-54-57-63(66)69-60-61(59-68-62(65)56-53-50-47-44-41-38-35-27-24-21-18-15-12-9-6-3)70-64(67)58-55-52-49-46-43-40-37-33-31-29-26-23-20-17-14-11-8-5-2/h16,18-19,21,25,27-29,31,35,61H,4-15,17,20,22-24,26,30,32-34,36-60H2,1-3H3/b19-16-,21-18-,28-25-,31-29-,35-27-. The Bertz CT molecular complexity index is 1260. The van der Waals surface area contributed by atoms with E-state index in [1.165, 1.54) is 186 Å². The highest BCUT2D eigenvalue weighted by molar-refractivity contribution is 5.71. The molecule has 0 saturated carbocycles. The highest BCUT2D eigenvalue weighted by Crippen LogP contribution is 2.16. The molecule has 406 valence electrons. The number of esters is 3. The average molecular weight is 980 g/mol. The van der Waals surface area contributed by atoms with Crippen molar-refractivity contribution in [1.29, 1.82) is 0 Å². The summed E-state index contributed by atoms with van der Waals surface area (Å²) in [6.07, 6.45) is 73.5. The highest BCUT2D eigenvalue weighted by Gasteiger charge is 2.19. The fraction of sp³-hybridized carbons (Fsp3) is 0.797. The zero-order chi connectivity index (χ0) is 50.7. The van der Waals surface area contributed by atoms with Gasteiger partial charge in [-0.15, -0.1) is 0 Å². The minimum Gasteiger partial charge on any atom is -0.462 e. The van der Waals surface area contributed by atoms with E-state index in [1.54, 1.807) is 0 Å². The largest absolute Gasteiger partial charge is 0.462 e. The molecule has 0 radical (unpaired) electrons. The molecule has 0 aromatic rings. The second-order valence-corrected chi connectivity index (χ2v) is 20.2. The van der Waals surface area contributed by atoms with Gasteiger partial charge in [-0.05, 0) is 109 Å². The summed E-state index contributed by atoms with van der Waals surface area (Å²) in [4.78, 5) is 38.2. The van der Waals surface area contributed by atoms with Crippen molar-refractivity contribution in [2.45, 2.75) is 316 Å². The van der Waals surface area contributed by atoms with Crippen LogP contribution in [0.1, 0.15) is 310 Å². The predicted octanol–water partition coefficient (Wildman–Crippen LogP) is 20.4. The first-order chi connectivity index (χ1) is 34.5. The zero-order valence-corrected chi connectivity index (χ0v) is 46.5. The normalized spacial score (nSPS) is 12.4. The Morgan fingerprint density at radius 1 is 0.286 bits per heavy atom. The molecule has 6 nitrogen and oxygen atoms in total. The monoisotopic (exact) mass is 979 g/mol. The number of hydrogen-bond acceptors (Lipinski definition) is 6. The molecule has 6 heteroatoms. The minimum atomic E-state index is -0.784. The molecular formula is C64H114O6. The van der Waals surface area contributed by atoms with E-state index in [1.807, 2.05) is 0 Å². The van der Waals surface area contributed by atoms with Crippen LogP contribution in [0.5, 0.6) is 0 Å². The molecule has 0 spiro atoms. The van der Waals surface area contributed by atoms with Crippen molar-refractivity contribution < 1.29 is 28.6 Å². The van der Waals surface area contributed by atoms with E-state index in [0.29, 0.717) is 19.3 Å². The smallest absolute Gasteiger partial charge is 0.306 e. The Morgan fingerprint density at radius 3 is 0.829 bits per heavy atom. The molecule has 1 atom stereocenters. The van der Waals surface area contributed by atoms with Crippen LogP contribution in [0.25, 0.3) is 0 Å². The molecule has 0 aromatic heterocycles. The second-order valence-electron chi connectivity index (χ2n) is 20.2. The van der Waals surface area contributed by atoms with Gasteiger partial charge in [-0.25, -0.2) is 0 Å². The fourth-order valence-electron chi connectivity index (χ4n) is 8.62. The lowest BCUT2D eigenvalue weighted by Gasteiger charge is -2.18. The van der Waals surface area contributed by atoms with Crippen molar-refractivity contribution >= 4 is 17.9 Å². The van der Waals surface area contributed by atoms with E-state index >= 15 is 0 Å². The molecule has 0 rings (SSSR count). The summed E-state index contributed by atoms with van der Waals surface area (Å²) in [5.74, 6) is -0.891. The third-order valence-corrected chi connectivity index (χ3v) is 13.2. The molecule has 0 aromatic carbocycles. The molecule has 0 aliphatic rings. The third-order valence-electron chi connectivity index (χ3n) is 13.2. The number of unbranched alkanes of at least 4 members (excludes halogenated alkanes) is 34. The molecule has 0 saturated heterocycles. The molecule has 0 fully saturated rings. The minimum absolute atomic E-state index is 0.0815. The molecule has 0 amide bonds. The number of hydrogen-bond donors (Lipinski definition) is 0. The lowest BCUT2D eigenvalue weighted by molar-refractivity contribution is -0.167. The summed E-state index contributed by atoms with van der Waals surface area (Å²) in [5.41, 5.74) is 0. The average Bonchev–Trinajstić information content (AvgIpc) is 3.36. The number of carbonyl (C=O) groups is 3. The van der Waals surface area contributed by atoms with Gasteiger partial charge in [0.05, 0.1) is 0 Å². The number of carbonyl (C=O) groups excluding carboxylic acids is 3. The zero-order valence-electron chi connectivity index (χ0n) is 46.5. The fourth-order valence-corrected chi connectivity index (χ4v) is 8.62. The second kappa shape index (κ2) is 58.7. The summed E-state index contributed by atoms with van der Waals surface area (Å²) in [6.45, 7) is 6.60. The Balaban J connectivity index is 4.38. The quantitative estimate of drug-likeness (QED) is 0.0261. The number of rotatable bonds is 55. The van der Waals surface area contributed by atoms with E-state index in [0.717, 1.165) is 83.5 Å². The van der Waals surface area contributed by atoms with Gasteiger partial charge in [0.2, 0.25) is 0 Å². The van der Waals surface area contributed by atoms with Crippen LogP contribution in [-0.2, 0) is 28.6 Å². The molecule has 70 heavy (non-hydrogen) atoms. The summed E-state index contributed by atoms with van der Waals surface area (Å²) in [6, 6.07) is 0. The number of allylic oxidation sites excluding steroid dienone is 10. The van der Waals surface area contributed by atoms with Gasteiger partial charge in [-0.3, -0.25) is 14.4 Å². The van der Waals surface area contributed by atoms with Gasteiger partial charge < -0.3 is 14.2 Å². The van der Waals surface area contributed by atoms with Gasteiger partial charge in [0.25, 0.3) is 0 Å². The third kappa shape index (κ3) is 56.0. The van der Waals surface area contributed by atoms with Crippen molar-refractivity contribution in [3.05, 3.63) is 60.8 Å². The van der Waals surface area contributed by atoms with E-state index in [9.17, 15) is 14.4 Å². The molecular weight excluding hydrogens is 865 g/mol. The molecule has 0 aliphatic carbocycles. The maximum absolute atomic E-state index is 12.9. The van der Waals surface area contributed by atoms with Crippen LogP contribution in [0.3, 0.4) is 0 Å². The van der Waals surface area contributed by atoms with E-state index in [4.69, 9.17) is 14.2 Å². The highest BCUT2D eigenvalue weighted by atomic mass is 16.6. The van der Waals surface area contributed by atoms with Crippen LogP contribution in [0, 0.1) is 0 Å². The van der Waals surface area contributed by atoms with Crippen molar-refractivity contribution in [1.82, 2.24) is 0 Å². The molecule has 1 unspecified atom stereocenters. The Kier molecular flexibility index (Phi) is 56.3. The van der Waals surface area contributed by atoms with Gasteiger partial charge >= 0.3 is 17.9 Å². The van der Waals surface area contributed by atoms with Gasteiger partial charge in [0, 0.05) is 19.3 Å². The predicted molar refractivity (Wildman–Crippen MR) is 302 cm³/mol. The maximum Gasteiger partial charge on any atom is 0.306 e. The number of ether oxygens (including phenoxy) is 3. The summed E-state index contributed by atoms with van der Waals surface area (Å²) in [7, 11) is 0. The Labute approximate surface area is 434 Å². The first-order valence-corrected chi connectivity index (χ1v) is 30.3. The lowest BCUT2D eigenvalue weighted by Crippen LogP contribution is -2.30. The topological polar surface area (TPSA) is 78.9 Å². The van der Waals surface area contributed by atoms with Crippen molar-refractivity contribution in [3.8, 4) is 0 Å². The Morgan fingerprint density at radius 2 is 0.514 bits per heavy atom. The van der Waals surface area contributed by atoms with Crippen LogP contribution in [0.15, 0.2) is 60.8 Å². The summed E-state index contributed by atoms with van der Waals surface area (Å²) < 4.78 is 16.9. The summed E-state index contributed by atoms with van der Waals surface area (Å²) in [5, 5.41) is 0. The molecule has 0 heterocycles. The van der Waals surface area contributed by atoms with E-state index in [-0.39, 0.29) is 31.1 Å². The Hall–Kier alpha value is -2.89. The van der Waals surface area contributed by atoms with Gasteiger partial charge in [0.1, 0.15) is 13.2 Å². The van der Waals surface area contributed by atoms with E-state index in [2.05, 4.69) is 81.5 Å². The van der Waals surface area contributed by atoms with Crippen LogP contribution in [0.4, 0.5) is 0 Å².